The van der Waals surface area contributed by atoms with E-state index >= 15 is 0 Å². The number of aliphatic carboxylic acids is 1. The van der Waals surface area contributed by atoms with Crippen molar-refractivity contribution in [2.45, 2.75) is 39.1 Å². The van der Waals surface area contributed by atoms with Crippen molar-refractivity contribution in [1.82, 2.24) is 5.32 Å². The third-order valence-electron chi connectivity index (χ3n) is 2.76. The van der Waals surface area contributed by atoms with Crippen LogP contribution in [0.5, 0.6) is 5.75 Å². The molecule has 21 heavy (non-hydrogen) atoms. The molecule has 118 valence electrons. The number of hydrogen-bond donors (Lipinski definition) is 2. The van der Waals surface area contributed by atoms with Crippen LogP contribution in [-0.4, -0.2) is 23.7 Å². The fraction of sp³-hybridized carbons (Fsp3) is 0.500. The predicted molar refractivity (Wildman–Crippen MR) is 71.2 cm³/mol. The van der Waals surface area contributed by atoms with Gasteiger partial charge >= 0.3 is 12.1 Å². The summed E-state index contributed by atoms with van der Waals surface area (Å²) in [5.74, 6) is -1.80. The lowest BCUT2D eigenvalue weighted by Gasteiger charge is -2.17. The zero-order valence-electron chi connectivity index (χ0n) is 11.8. The van der Waals surface area contributed by atoms with Gasteiger partial charge in [0.25, 0.3) is 0 Å². The Hall–Kier alpha value is -1.76. The van der Waals surface area contributed by atoms with Crippen molar-refractivity contribution < 1.29 is 27.8 Å². The molecule has 1 aromatic rings. The summed E-state index contributed by atoms with van der Waals surface area (Å²) in [5.41, 5.74) is -0.502. The van der Waals surface area contributed by atoms with Crippen LogP contribution in [0.1, 0.15) is 31.4 Å². The van der Waals surface area contributed by atoms with Gasteiger partial charge in [0.05, 0.1) is 5.56 Å². The van der Waals surface area contributed by atoms with Gasteiger partial charge in [-0.2, -0.15) is 13.2 Å². The van der Waals surface area contributed by atoms with Crippen molar-refractivity contribution in [3.05, 3.63) is 29.3 Å². The summed E-state index contributed by atoms with van der Waals surface area (Å²) in [4.78, 5) is 10.7. The molecule has 2 N–H and O–H groups in total. The van der Waals surface area contributed by atoms with Crippen molar-refractivity contribution in [2.24, 2.45) is 0 Å². The van der Waals surface area contributed by atoms with Crippen LogP contribution in [-0.2, 0) is 17.5 Å². The number of carboxylic acid groups (broad SMARTS) is 1. The Morgan fingerprint density at radius 2 is 2.10 bits per heavy atom. The number of hydrogen-bond acceptors (Lipinski definition) is 3. The summed E-state index contributed by atoms with van der Waals surface area (Å²) in [5, 5.41) is 11.7. The summed E-state index contributed by atoms with van der Waals surface area (Å²) in [6, 6.07) is 3.62. The lowest BCUT2D eigenvalue weighted by Crippen LogP contribution is -2.24. The van der Waals surface area contributed by atoms with Gasteiger partial charge in [0.1, 0.15) is 5.75 Å². The molecule has 0 saturated carbocycles. The molecule has 0 radical (unpaired) electrons. The molecule has 1 atom stereocenters. The van der Waals surface area contributed by atoms with Crippen molar-refractivity contribution in [1.29, 1.82) is 0 Å². The molecule has 7 heteroatoms. The Kier molecular flexibility index (Phi) is 6.02. The molecule has 1 unspecified atom stereocenters. The third kappa shape index (κ3) is 5.26. The van der Waals surface area contributed by atoms with Crippen LogP contribution < -0.4 is 10.1 Å². The Labute approximate surface area is 120 Å². The molecule has 0 bridgehead atoms. The molecular weight excluding hydrogens is 287 g/mol. The van der Waals surface area contributed by atoms with Crippen LogP contribution in [0.4, 0.5) is 13.2 Å². The highest BCUT2D eigenvalue weighted by atomic mass is 19.4. The minimum absolute atomic E-state index is 0.311. The molecule has 0 aliphatic heterocycles. The van der Waals surface area contributed by atoms with Crippen molar-refractivity contribution in [2.75, 3.05) is 6.54 Å². The number of benzene rings is 1. The Bertz CT molecular complexity index is 489. The second kappa shape index (κ2) is 7.31. The minimum atomic E-state index is -4.60. The van der Waals surface area contributed by atoms with Gasteiger partial charge in [-0.1, -0.05) is 13.0 Å². The second-order valence-electron chi connectivity index (χ2n) is 4.60. The minimum Gasteiger partial charge on any atom is -0.479 e. The molecule has 0 fully saturated rings. The third-order valence-corrected chi connectivity index (χ3v) is 2.76. The molecule has 0 saturated heterocycles. The van der Waals surface area contributed by atoms with Crippen molar-refractivity contribution >= 4 is 5.97 Å². The van der Waals surface area contributed by atoms with E-state index in [4.69, 9.17) is 9.84 Å². The molecule has 1 rings (SSSR count). The van der Waals surface area contributed by atoms with Crippen LogP contribution in [0.25, 0.3) is 0 Å². The fourth-order valence-electron chi connectivity index (χ4n) is 1.66. The number of alkyl halides is 3. The van der Waals surface area contributed by atoms with E-state index in [1.54, 1.807) is 0 Å². The van der Waals surface area contributed by atoms with E-state index in [0.29, 0.717) is 18.7 Å². The van der Waals surface area contributed by atoms with E-state index in [-0.39, 0.29) is 0 Å². The smallest absolute Gasteiger partial charge is 0.419 e. The standard InChI is InChI=1S/C14H18F3NO3/c1-3-6-18-8-10-4-5-12(21-9(2)13(19)20)11(7-10)14(15,16)17/h4-5,7,9,18H,3,6,8H2,1-2H3,(H,19,20). The number of carboxylic acids is 1. The van der Waals surface area contributed by atoms with E-state index in [0.717, 1.165) is 18.6 Å². The number of carbonyl (C=O) groups is 1. The number of ether oxygens (including phenoxy) is 1. The van der Waals surface area contributed by atoms with Gasteiger partial charge in [0.2, 0.25) is 0 Å². The lowest BCUT2D eigenvalue weighted by molar-refractivity contribution is -0.147. The first kappa shape index (κ1) is 17.3. The summed E-state index contributed by atoms with van der Waals surface area (Å²) >= 11 is 0. The van der Waals surface area contributed by atoms with Crippen LogP contribution in [0.2, 0.25) is 0 Å². The first-order chi connectivity index (χ1) is 9.75. The summed E-state index contributed by atoms with van der Waals surface area (Å²) < 4.78 is 43.9. The topological polar surface area (TPSA) is 58.6 Å². The van der Waals surface area contributed by atoms with Gasteiger partial charge in [-0.3, -0.25) is 0 Å². The fourth-order valence-corrected chi connectivity index (χ4v) is 1.66. The number of nitrogens with one attached hydrogen (secondary N) is 1. The van der Waals surface area contributed by atoms with Crippen LogP contribution in [0.15, 0.2) is 18.2 Å². The van der Waals surface area contributed by atoms with Gasteiger partial charge in [-0.15, -0.1) is 0 Å². The molecule has 0 heterocycles. The van der Waals surface area contributed by atoms with E-state index in [1.165, 1.54) is 13.0 Å². The molecule has 0 amide bonds. The van der Waals surface area contributed by atoms with Crippen LogP contribution in [0.3, 0.4) is 0 Å². The first-order valence-electron chi connectivity index (χ1n) is 6.56. The average molecular weight is 305 g/mol. The van der Waals surface area contributed by atoms with Crippen molar-refractivity contribution in [3.63, 3.8) is 0 Å². The quantitative estimate of drug-likeness (QED) is 0.760. The van der Waals surface area contributed by atoms with Crippen LogP contribution in [0, 0.1) is 0 Å². The van der Waals surface area contributed by atoms with Crippen molar-refractivity contribution in [3.8, 4) is 5.75 Å². The Morgan fingerprint density at radius 1 is 1.43 bits per heavy atom. The Balaban J connectivity index is 3.00. The van der Waals surface area contributed by atoms with Gasteiger partial charge in [0, 0.05) is 6.54 Å². The molecular formula is C14H18F3NO3. The molecule has 0 aliphatic carbocycles. The Morgan fingerprint density at radius 3 is 2.62 bits per heavy atom. The van der Waals surface area contributed by atoms with E-state index in [9.17, 15) is 18.0 Å². The highest BCUT2D eigenvalue weighted by Gasteiger charge is 2.35. The first-order valence-corrected chi connectivity index (χ1v) is 6.56. The van der Waals surface area contributed by atoms with Gasteiger partial charge in [-0.05, 0) is 37.6 Å². The maximum atomic E-state index is 13.0. The maximum Gasteiger partial charge on any atom is 0.419 e. The summed E-state index contributed by atoms with van der Waals surface area (Å²) in [7, 11) is 0. The van der Waals surface area contributed by atoms with Crippen LogP contribution >= 0.6 is 0 Å². The number of halogens is 3. The molecule has 0 aliphatic rings. The number of rotatable bonds is 7. The molecule has 1 aromatic carbocycles. The molecule has 0 spiro atoms. The zero-order chi connectivity index (χ0) is 16.0. The summed E-state index contributed by atoms with van der Waals surface area (Å²) in [6.45, 7) is 4.15. The van der Waals surface area contributed by atoms with Gasteiger partial charge in [-0.25, -0.2) is 4.79 Å². The highest BCUT2D eigenvalue weighted by Crippen LogP contribution is 2.37. The van der Waals surface area contributed by atoms with E-state index in [1.807, 2.05) is 6.92 Å². The summed E-state index contributed by atoms with van der Waals surface area (Å²) in [6.07, 6.45) is -5.08. The monoisotopic (exact) mass is 305 g/mol. The lowest BCUT2D eigenvalue weighted by atomic mass is 10.1. The SMILES string of the molecule is CCCNCc1ccc(OC(C)C(=O)O)c(C(F)(F)F)c1. The molecule has 4 nitrogen and oxygen atoms in total. The van der Waals surface area contributed by atoms with E-state index < -0.39 is 29.6 Å². The second-order valence-corrected chi connectivity index (χ2v) is 4.60. The maximum absolute atomic E-state index is 13.0. The average Bonchev–Trinajstić information content (AvgIpc) is 2.39. The van der Waals surface area contributed by atoms with E-state index in [2.05, 4.69) is 5.32 Å². The predicted octanol–water partition coefficient (Wildman–Crippen LogP) is 3.06. The van der Waals surface area contributed by atoms with Gasteiger partial charge in [0.15, 0.2) is 6.10 Å². The molecule has 0 aromatic heterocycles. The largest absolute Gasteiger partial charge is 0.479 e. The zero-order valence-corrected chi connectivity index (χ0v) is 11.8. The highest BCUT2D eigenvalue weighted by molar-refractivity contribution is 5.72. The normalized spacial score (nSPS) is 13.0. The van der Waals surface area contributed by atoms with Gasteiger partial charge < -0.3 is 15.2 Å².